The van der Waals surface area contributed by atoms with Crippen LogP contribution in [0.3, 0.4) is 0 Å². The van der Waals surface area contributed by atoms with Crippen LogP contribution < -0.4 is 10.6 Å². The molecular weight excluding hydrogens is 430 g/mol. The van der Waals surface area contributed by atoms with Gasteiger partial charge in [0.2, 0.25) is 0 Å². The van der Waals surface area contributed by atoms with Crippen LogP contribution in [0.2, 0.25) is 0 Å². The summed E-state index contributed by atoms with van der Waals surface area (Å²) in [5, 5.41) is 4.40. The molecule has 4 aromatic heterocycles. The lowest BCUT2D eigenvalue weighted by Gasteiger charge is -2.33. The average molecular weight is 458 g/mol. The first kappa shape index (κ1) is 20.6. The maximum Gasteiger partial charge on any atom is 0.326 e. The predicted molar refractivity (Wildman–Crippen MR) is 131 cm³/mol. The molecule has 0 bridgehead atoms. The van der Waals surface area contributed by atoms with Gasteiger partial charge in [0.05, 0.1) is 22.8 Å². The van der Waals surface area contributed by atoms with E-state index in [2.05, 4.69) is 36.4 Å². The maximum absolute atomic E-state index is 12.7. The molecule has 5 heterocycles. The molecule has 5 aromatic rings. The predicted octanol–water partition coefficient (Wildman–Crippen LogP) is 3.04. The molecular formula is C24H27N9O. The number of hydrogen-bond donors (Lipinski definition) is 1. The van der Waals surface area contributed by atoms with Crippen LogP contribution in [0.5, 0.6) is 0 Å². The van der Waals surface area contributed by atoms with Gasteiger partial charge in [0.1, 0.15) is 12.2 Å². The van der Waals surface area contributed by atoms with Crippen LogP contribution in [0.25, 0.3) is 33.6 Å². The molecule has 10 heteroatoms. The molecule has 0 aliphatic carbocycles. The first-order valence-electron chi connectivity index (χ1n) is 11.7. The molecule has 0 unspecified atom stereocenters. The van der Waals surface area contributed by atoms with Gasteiger partial charge in [-0.05, 0) is 38.8 Å². The number of nitrogens with one attached hydrogen (secondary N) is 1. The van der Waals surface area contributed by atoms with Crippen LogP contribution in [-0.2, 0) is 13.6 Å². The van der Waals surface area contributed by atoms with E-state index in [1.807, 2.05) is 53.7 Å². The number of piperidine rings is 1. The molecule has 0 radical (unpaired) electrons. The monoisotopic (exact) mass is 457 g/mol. The number of rotatable bonds is 4. The van der Waals surface area contributed by atoms with Crippen LogP contribution in [0.4, 0.5) is 5.82 Å². The molecule has 1 aliphatic rings. The van der Waals surface area contributed by atoms with E-state index in [4.69, 9.17) is 4.98 Å². The van der Waals surface area contributed by atoms with Crippen molar-refractivity contribution in [3.63, 3.8) is 0 Å². The van der Waals surface area contributed by atoms with Gasteiger partial charge in [-0.2, -0.15) is 5.10 Å². The quantitative estimate of drug-likeness (QED) is 0.445. The van der Waals surface area contributed by atoms with Crippen LogP contribution >= 0.6 is 0 Å². The van der Waals surface area contributed by atoms with Crippen molar-refractivity contribution in [2.75, 3.05) is 18.0 Å². The number of imidazole rings is 2. The Morgan fingerprint density at radius 3 is 2.68 bits per heavy atom. The third kappa shape index (κ3) is 3.05. The van der Waals surface area contributed by atoms with Crippen molar-refractivity contribution in [2.24, 2.45) is 7.05 Å². The first-order chi connectivity index (χ1) is 16.6. The summed E-state index contributed by atoms with van der Waals surface area (Å²) in [6.07, 6.45) is 5.20. The summed E-state index contributed by atoms with van der Waals surface area (Å²) in [4.78, 5) is 32.1. The van der Waals surface area contributed by atoms with Crippen LogP contribution in [-0.4, -0.2) is 51.9 Å². The van der Waals surface area contributed by atoms with Crippen molar-refractivity contribution >= 4 is 28.0 Å². The number of aromatic nitrogens is 8. The zero-order chi connectivity index (χ0) is 23.4. The Morgan fingerprint density at radius 1 is 1.15 bits per heavy atom. The summed E-state index contributed by atoms with van der Waals surface area (Å²) in [7, 11) is 1.94. The van der Waals surface area contributed by atoms with Crippen molar-refractivity contribution in [1.82, 2.24) is 38.9 Å². The molecule has 1 saturated heterocycles. The van der Waals surface area contributed by atoms with Crippen molar-refractivity contribution in [1.29, 1.82) is 0 Å². The van der Waals surface area contributed by atoms with E-state index in [0.717, 1.165) is 77.6 Å². The molecule has 174 valence electrons. The summed E-state index contributed by atoms with van der Waals surface area (Å²) in [5.41, 5.74) is 5.52. The third-order valence-corrected chi connectivity index (χ3v) is 7.06. The van der Waals surface area contributed by atoms with E-state index in [1.54, 1.807) is 6.33 Å². The molecule has 34 heavy (non-hydrogen) atoms. The van der Waals surface area contributed by atoms with Crippen molar-refractivity contribution in [2.45, 2.75) is 39.3 Å². The van der Waals surface area contributed by atoms with Crippen LogP contribution in [0, 0.1) is 6.92 Å². The Bertz CT molecular complexity index is 1560. The number of anilines is 1. The number of benzene rings is 1. The number of fused-ring (bicyclic) bond motifs is 2. The molecule has 1 N–H and O–H groups in total. The molecule has 1 fully saturated rings. The minimum atomic E-state index is -0.0396. The summed E-state index contributed by atoms with van der Waals surface area (Å²) in [6, 6.07) is 8.03. The molecule has 0 amide bonds. The fraction of sp³-hybridized carbons (Fsp3) is 0.375. The van der Waals surface area contributed by atoms with Gasteiger partial charge in [-0.3, -0.25) is 9.25 Å². The van der Waals surface area contributed by atoms with Crippen molar-refractivity contribution in [3.05, 3.63) is 53.0 Å². The molecule has 1 aliphatic heterocycles. The highest BCUT2D eigenvalue weighted by Crippen LogP contribution is 2.33. The summed E-state index contributed by atoms with van der Waals surface area (Å²) in [6.45, 7) is 6.49. The second-order valence-electron chi connectivity index (χ2n) is 8.85. The largest absolute Gasteiger partial charge is 0.355 e. The lowest BCUT2D eigenvalue weighted by atomic mass is 10.0. The van der Waals surface area contributed by atoms with Gasteiger partial charge in [-0.25, -0.2) is 19.7 Å². The number of hydrogen-bond acceptors (Lipinski definition) is 6. The molecule has 0 saturated carbocycles. The summed E-state index contributed by atoms with van der Waals surface area (Å²) < 4.78 is 5.90. The second-order valence-corrected chi connectivity index (χ2v) is 8.85. The Balaban J connectivity index is 1.34. The smallest absolute Gasteiger partial charge is 0.326 e. The van der Waals surface area contributed by atoms with E-state index in [1.165, 1.54) is 0 Å². The fourth-order valence-corrected chi connectivity index (χ4v) is 5.15. The fourth-order valence-electron chi connectivity index (χ4n) is 5.15. The number of nitrogens with zero attached hydrogens (tertiary/aromatic N) is 8. The zero-order valence-electron chi connectivity index (χ0n) is 19.6. The van der Waals surface area contributed by atoms with Crippen molar-refractivity contribution < 1.29 is 0 Å². The van der Waals surface area contributed by atoms with Gasteiger partial charge in [0, 0.05) is 38.4 Å². The molecule has 1 aromatic carbocycles. The van der Waals surface area contributed by atoms with Gasteiger partial charge >= 0.3 is 5.69 Å². The maximum atomic E-state index is 12.7. The lowest BCUT2D eigenvalue weighted by Crippen LogP contribution is -2.37. The average Bonchev–Trinajstić information content (AvgIpc) is 3.51. The standard InChI is InChI=1S/C24H27N9O/c1-4-32-21(17-13-27-30(3)15(17)2)29-20-22(25-14-26-23(20)32)31-11-9-16(10-12-31)33-19-8-6-5-7-18(19)28-24(33)34/h5-8,13-14,16H,4,9-12H2,1-3H3,(H,28,34). The van der Waals surface area contributed by atoms with Crippen molar-refractivity contribution in [3.8, 4) is 11.4 Å². The summed E-state index contributed by atoms with van der Waals surface area (Å²) in [5.74, 6) is 1.72. The zero-order valence-corrected chi connectivity index (χ0v) is 19.6. The highest BCUT2D eigenvalue weighted by atomic mass is 16.1. The van der Waals surface area contributed by atoms with Gasteiger partial charge < -0.3 is 14.5 Å². The van der Waals surface area contributed by atoms with Crippen LogP contribution in [0.1, 0.15) is 31.5 Å². The number of aryl methyl sites for hydroxylation is 2. The number of H-pyrrole nitrogens is 1. The van der Waals surface area contributed by atoms with E-state index >= 15 is 0 Å². The number of para-hydroxylation sites is 2. The van der Waals surface area contributed by atoms with E-state index in [0.29, 0.717) is 0 Å². The van der Waals surface area contributed by atoms with E-state index in [-0.39, 0.29) is 11.7 Å². The topological polar surface area (TPSA) is 102 Å². The Labute approximate surface area is 195 Å². The summed E-state index contributed by atoms with van der Waals surface area (Å²) >= 11 is 0. The van der Waals surface area contributed by atoms with E-state index < -0.39 is 0 Å². The molecule has 6 rings (SSSR count). The minimum Gasteiger partial charge on any atom is -0.355 e. The Morgan fingerprint density at radius 2 is 1.94 bits per heavy atom. The highest BCUT2D eigenvalue weighted by molar-refractivity contribution is 5.87. The Kier molecular flexibility index (Phi) is 4.75. The highest BCUT2D eigenvalue weighted by Gasteiger charge is 2.27. The van der Waals surface area contributed by atoms with Gasteiger partial charge in [0.25, 0.3) is 0 Å². The van der Waals surface area contributed by atoms with E-state index in [9.17, 15) is 4.79 Å². The normalized spacial score (nSPS) is 15.1. The SMILES string of the molecule is CCn1c(-c2cnn(C)c2C)nc2c(N3CCC(n4c(=O)[nH]c5ccccc54)CC3)ncnc21. The van der Waals surface area contributed by atoms with Gasteiger partial charge in [-0.1, -0.05) is 12.1 Å². The molecule has 0 atom stereocenters. The number of aromatic amines is 1. The minimum absolute atomic E-state index is 0.0396. The van der Waals surface area contributed by atoms with Gasteiger partial charge in [0.15, 0.2) is 17.0 Å². The van der Waals surface area contributed by atoms with Gasteiger partial charge in [-0.15, -0.1) is 0 Å². The lowest BCUT2D eigenvalue weighted by molar-refractivity contribution is 0.395. The second kappa shape index (κ2) is 7.82. The molecule has 10 nitrogen and oxygen atoms in total. The first-order valence-corrected chi connectivity index (χ1v) is 11.7. The molecule has 0 spiro atoms. The van der Waals surface area contributed by atoms with Crippen LogP contribution in [0.15, 0.2) is 41.6 Å². The third-order valence-electron chi connectivity index (χ3n) is 7.06. The Hall–Kier alpha value is -3.95.